The third-order valence-corrected chi connectivity index (χ3v) is 4.47. The van der Waals surface area contributed by atoms with Crippen LogP contribution in [0, 0.1) is 5.82 Å². The highest BCUT2D eigenvalue weighted by molar-refractivity contribution is 5.86. The number of aromatic nitrogens is 1. The summed E-state index contributed by atoms with van der Waals surface area (Å²) in [5.41, 5.74) is 6.31. The normalized spacial score (nSPS) is 15.0. The van der Waals surface area contributed by atoms with E-state index in [4.69, 9.17) is 10.5 Å². The van der Waals surface area contributed by atoms with Gasteiger partial charge in [-0.1, -0.05) is 31.4 Å². The fraction of sp³-hybridized carbons (Fsp3) is 0.368. The number of halogens is 3. The molecule has 27 heavy (non-hydrogen) atoms. The maximum atomic E-state index is 13.1. The fourth-order valence-electron chi connectivity index (χ4n) is 3.00. The Kier molecular flexibility index (Phi) is 8.96. The van der Waals surface area contributed by atoms with Gasteiger partial charge in [-0.25, -0.2) is 9.37 Å². The van der Waals surface area contributed by atoms with Crippen LogP contribution in [0.2, 0.25) is 0 Å². The van der Waals surface area contributed by atoms with Gasteiger partial charge in [0.1, 0.15) is 11.6 Å². The lowest BCUT2D eigenvalue weighted by Gasteiger charge is -2.31. The first-order chi connectivity index (χ1) is 12.0. The van der Waals surface area contributed by atoms with Gasteiger partial charge < -0.3 is 15.8 Å². The minimum absolute atomic E-state index is 0. The number of hydrogen-bond donors (Lipinski definition) is 2. The first-order valence-corrected chi connectivity index (χ1v) is 8.51. The van der Waals surface area contributed by atoms with Crippen LogP contribution in [-0.2, 0) is 11.3 Å². The van der Waals surface area contributed by atoms with Gasteiger partial charge >= 0.3 is 0 Å². The standard InChI is InChI=1S/C19H22FN3O2.2ClH/c20-15-5-4-6-16(11-15)25-17-8-7-14(12-22-17)13-23-18(24)19(21)9-2-1-3-10-19;;/h4-8,11-12H,1-3,9-10,13,21H2,(H,23,24);2*1H. The molecule has 5 nitrogen and oxygen atoms in total. The van der Waals surface area contributed by atoms with Crippen LogP contribution in [-0.4, -0.2) is 16.4 Å². The summed E-state index contributed by atoms with van der Waals surface area (Å²) in [5.74, 6) is 0.279. The second-order valence-electron chi connectivity index (χ2n) is 6.46. The summed E-state index contributed by atoms with van der Waals surface area (Å²) in [7, 11) is 0. The SMILES string of the molecule is Cl.Cl.NC1(C(=O)NCc2ccc(Oc3cccc(F)c3)nc2)CCCCC1. The molecule has 1 heterocycles. The van der Waals surface area contributed by atoms with Crippen molar-refractivity contribution in [2.75, 3.05) is 0 Å². The quantitative estimate of drug-likeness (QED) is 0.768. The molecule has 0 atom stereocenters. The Balaban J connectivity index is 0.00000182. The van der Waals surface area contributed by atoms with Crippen molar-refractivity contribution in [2.24, 2.45) is 5.73 Å². The van der Waals surface area contributed by atoms with Crippen molar-refractivity contribution in [2.45, 2.75) is 44.2 Å². The van der Waals surface area contributed by atoms with Crippen LogP contribution in [0.5, 0.6) is 11.6 Å². The number of benzene rings is 1. The molecule has 0 bridgehead atoms. The van der Waals surface area contributed by atoms with E-state index in [0.29, 0.717) is 18.2 Å². The molecule has 3 rings (SSSR count). The summed E-state index contributed by atoms with van der Waals surface area (Å²) in [6, 6.07) is 9.37. The Hall–Kier alpha value is -1.89. The summed E-state index contributed by atoms with van der Waals surface area (Å²) in [6.45, 7) is 0.366. The molecule has 0 aliphatic heterocycles. The summed E-state index contributed by atoms with van der Waals surface area (Å²) < 4.78 is 18.6. The topological polar surface area (TPSA) is 77.2 Å². The first kappa shape index (κ1) is 23.1. The molecular formula is C19H24Cl2FN3O2. The molecule has 0 spiro atoms. The van der Waals surface area contributed by atoms with E-state index >= 15 is 0 Å². The van der Waals surface area contributed by atoms with E-state index in [1.54, 1.807) is 24.4 Å². The number of ether oxygens (including phenoxy) is 1. The van der Waals surface area contributed by atoms with Gasteiger partial charge in [-0.3, -0.25) is 4.79 Å². The Labute approximate surface area is 170 Å². The number of nitrogens with one attached hydrogen (secondary N) is 1. The minimum Gasteiger partial charge on any atom is -0.439 e. The summed E-state index contributed by atoms with van der Waals surface area (Å²) in [5, 5.41) is 2.89. The zero-order valence-corrected chi connectivity index (χ0v) is 16.5. The molecule has 1 aromatic carbocycles. The van der Waals surface area contributed by atoms with Crippen LogP contribution in [0.25, 0.3) is 0 Å². The Morgan fingerprint density at radius 2 is 1.93 bits per heavy atom. The zero-order chi connectivity index (χ0) is 17.7. The predicted molar refractivity (Wildman–Crippen MR) is 107 cm³/mol. The molecule has 0 radical (unpaired) electrons. The average molecular weight is 416 g/mol. The second kappa shape index (κ2) is 10.4. The van der Waals surface area contributed by atoms with Crippen molar-refractivity contribution in [1.29, 1.82) is 0 Å². The lowest BCUT2D eigenvalue weighted by atomic mass is 9.82. The number of nitrogens with zero attached hydrogens (tertiary/aromatic N) is 1. The van der Waals surface area contributed by atoms with Crippen LogP contribution in [0.3, 0.4) is 0 Å². The number of amides is 1. The summed E-state index contributed by atoms with van der Waals surface area (Å²) in [6.07, 6.45) is 6.23. The molecule has 0 saturated heterocycles. The number of pyridine rings is 1. The molecular weight excluding hydrogens is 392 g/mol. The lowest BCUT2D eigenvalue weighted by molar-refractivity contribution is -0.127. The van der Waals surface area contributed by atoms with E-state index in [1.165, 1.54) is 12.1 Å². The number of carbonyl (C=O) groups is 1. The van der Waals surface area contributed by atoms with Gasteiger partial charge in [0.2, 0.25) is 11.8 Å². The highest BCUT2D eigenvalue weighted by atomic mass is 35.5. The van der Waals surface area contributed by atoms with Crippen molar-refractivity contribution >= 4 is 30.7 Å². The molecule has 2 aromatic rings. The number of hydrogen-bond acceptors (Lipinski definition) is 4. The van der Waals surface area contributed by atoms with E-state index in [2.05, 4.69) is 10.3 Å². The fourth-order valence-corrected chi connectivity index (χ4v) is 3.00. The van der Waals surface area contributed by atoms with Crippen LogP contribution in [0.1, 0.15) is 37.7 Å². The number of nitrogens with two attached hydrogens (primary N) is 1. The molecule has 1 aromatic heterocycles. The lowest BCUT2D eigenvalue weighted by Crippen LogP contribution is -2.54. The Bertz CT molecular complexity index is 738. The maximum absolute atomic E-state index is 13.1. The minimum atomic E-state index is -0.744. The Morgan fingerprint density at radius 3 is 2.56 bits per heavy atom. The van der Waals surface area contributed by atoms with E-state index < -0.39 is 5.54 Å². The van der Waals surface area contributed by atoms with Gasteiger partial charge in [0.25, 0.3) is 0 Å². The molecule has 1 aliphatic carbocycles. The van der Waals surface area contributed by atoms with Gasteiger partial charge in [-0.05, 0) is 30.5 Å². The first-order valence-electron chi connectivity index (χ1n) is 8.51. The monoisotopic (exact) mass is 415 g/mol. The molecule has 1 amide bonds. The highest BCUT2D eigenvalue weighted by Gasteiger charge is 2.34. The number of carbonyl (C=O) groups excluding carboxylic acids is 1. The average Bonchev–Trinajstić information content (AvgIpc) is 2.61. The van der Waals surface area contributed by atoms with Gasteiger partial charge in [0, 0.05) is 24.9 Å². The zero-order valence-electron chi connectivity index (χ0n) is 14.8. The third kappa shape index (κ3) is 6.34. The van der Waals surface area contributed by atoms with Gasteiger partial charge in [-0.15, -0.1) is 24.8 Å². The molecule has 1 aliphatic rings. The van der Waals surface area contributed by atoms with Crippen LogP contribution in [0.15, 0.2) is 42.6 Å². The van der Waals surface area contributed by atoms with Crippen LogP contribution < -0.4 is 15.8 Å². The van der Waals surface area contributed by atoms with Gasteiger partial charge in [0.15, 0.2) is 0 Å². The highest BCUT2D eigenvalue weighted by Crippen LogP contribution is 2.26. The second-order valence-corrected chi connectivity index (χ2v) is 6.46. The van der Waals surface area contributed by atoms with Crippen molar-refractivity contribution in [3.63, 3.8) is 0 Å². The van der Waals surface area contributed by atoms with Gasteiger partial charge in [-0.2, -0.15) is 0 Å². The molecule has 3 N–H and O–H groups in total. The third-order valence-electron chi connectivity index (χ3n) is 4.47. The van der Waals surface area contributed by atoms with Crippen molar-refractivity contribution in [3.8, 4) is 11.6 Å². The van der Waals surface area contributed by atoms with E-state index in [-0.39, 0.29) is 36.5 Å². The molecule has 1 saturated carbocycles. The number of rotatable bonds is 5. The molecule has 1 fully saturated rings. The van der Waals surface area contributed by atoms with Crippen molar-refractivity contribution in [3.05, 3.63) is 54.0 Å². The smallest absolute Gasteiger partial charge is 0.240 e. The van der Waals surface area contributed by atoms with Crippen LogP contribution >= 0.6 is 24.8 Å². The predicted octanol–water partition coefficient (Wildman–Crippen LogP) is 4.13. The molecule has 0 unspecified atom stereocenters. The van der Waals surface area contributed by atoms with E-state index in [9.17, 15) is 9.18 Å². The largest absolute Gasteiger partial charge is 0.439 e. The van der Waals surface area contributed by atoms with Gasteiger partial charge in [0.05, 0.1) is 5.54 Å². The molecule has 8 heteroatoms. The maximum Gasteiger partial charge on any atom is 0.240 e. The van der Waals surface area contributed by atoms with Crippen LogP contribution in [0.4, 0.5) is 4.39 Å². The van der Waals surface area contributed by atoms with Crippen molar-refractivity contribution in [1.82, 2.24) is 10.3 Å². The molecule has 148 valence electrons. The summed E-state index contributed by atoms with van der Waals surface area (Å²) in [4.78, 5) is 16.5. The van der Waals surface area contributed by atoms with E-state index in [1.807, 2.05) is 6.07 Å². The van der Waals surface area contributed by atoms with E-state index in [0.717, 1.165) is 37.7 Å². The van der Waals surface area contributed by atoms with Crippen molar-refractivity contribution < 1.29 is 13.9 Å². The Morgan fingerprint density at radius 1 is 1.19 bits per heavy atom. The summed E-state index contributed by atoms with van der Waals surface area (Å²) >= 11 is 0.